The highest BCUT2D eigenvalue weighted by atomic mass is 32.1. The fraction of sp³-hybridized carbons (Fsp3) is 0.711. The minimum Gasteiger partial charge on any atom is -0.481 e. The Morgan fingerprint density at radius 3 is 2.37 bits per heavy atom. The number of nitrogen functional groups attached to an aromatic ring is 1. The van der Waals surface area contributed by atoms with Crippen LogP contribution >= 0.6 is 11.3 Å². The average Bonchev–Trinajstić information content (AvgIpc) is 3.70. The van der Waals surface area contributed by atoms with Crippen molar-refractivity contribution >= 4 is 40.7 Å². The molecule has 1 aromatic carbocycles. The molecule has 6 N–H and O–H groups in total. The van der Waals surface area contributed by atoms with Gasteiger partial charge in [0.1, 0.15) is 22.8 Å². The number of carboxylic acids is 1. The van der Waals surface area contributed by atoms with Crippen LogP contribution in [0.2, 0.25) is 0 Å². The molecule has 1 aliphatic heterocycles. The summed E-state index contributed by atoms with van der Waals surface area (Å²) in [6.45, 7) is 17.7. The molecule has 6 atom stereocenters. The van der Waals surface area contributed by atoms with Crippen LogP contribution in [0.25, 0.3) is 0 Å². The number of aliphatic carboxylic acids is 1. The first kappa shape index (κ1) is 49.8. The number of nitrogens with two attached hydrogens (primary N) is 1. The van der Waals surface area contributed by atoms with Gasteiger partial charge in [-0.05, 0) is 89.0 Å². The van der Waals surface area contributed by atoms with Crippen molar-refractivity contribution in [1.82, 2.24) is 25.4 Å². The van der Waals surface area contributed by atoms with Crippen LogP contribution in [0.3, 0.4) is 0 Å². The zero-order valence-electron chi connectivity index (χ0n) is 37.0. The molecule has 0 unspecified atom stereocenters. The number of hydrogen-bond donors (Lipinski definition) is 5. The zero-order valence-corrected chi connectivity index (χ0v) is 37.8. The van der Waals surface area contributed by atoms with E-state index in [1.807, 2.05) is 42.7 Å². The number of benzene rings is 1. The van der Waals surface area contributed by atoms with Crippen molar-refractivity contribution in [2.75, 3.05) is 38.6 Å². The fourth-order valence-corrected chi connectivity index (χ4v) is 8.84. The lowest BCUT2D eigenvalue weighted by atomic mass is 9.84. The predicted octanol–water partition coefficient (Wildman–Crippen LogP) is 6.85. The van der Waals surface area contributed by atoms with E-state index in [0.29, 0.717) is 56.1 Å². The quantitative estimate of drug-likeness (QED) is 0.0496. The first-order valence-corrected chi connectivity index (χ1v) is 22.9. The number of thiazole rings is 1. The number of aromatic nitrogens is 1. The monoisotopic (exact) mass is 843 g/mol. The number of likely N-dealkylation sites (tertiary alicyclic amines) is 1. The van der Waals surface area contributed by atoms with Gasteiger partial charge in [0, 0.05) is 49.3 Å². The number of amides is 3. The molecule has 14 heteroatoms. The van der Waals surface area contributed by atoms with Crippen molar-refractivity contribution in [1.29, 1.82) is 0 Å². The molecule has 0 aliphatic carbocycles. The van der Waals surface area contributed by atoms with Crippen molar-refractivity contribution in [2.24, 2.45) is 17.3 Å². The Morgan fingerprint density at radius 2 is 1.76 bits per heavy atom. The van der Waals surface area contributed by atoms with Crippen LogP contribution in [0.5, 0.6) is 0 Å². The normalized spacial score (nSPS) is 17.5. The molecule has 1 aromatic heterocycles. The van der Waals surface area contributed by atoms with E-state index < -0.39 is 35.5 Å². The number of carbonyl (C=O) groups excluding carboxylic acids is 3. The van der Waals surface area contributed by atoms with Crippen molar-refractivity contribution in [3.8, 4) is 0 Å². The van der Waals surface area contributed by atoms with Crippen LogP contribution in [0, 0.1) is 17.3 Å². The number of anilines is 1. The van der Waals surface area contributed by atoms with Gasteiger partial charge in [-0.3, -0.25) is 24.1 Å². The molecule has 1 saturated heterocycles. The lowest BCUT2D eigenvalue weighted by Crippen LogP contribution is -2.59. The Hall–Kier alpha value is -3.59. The highest BCUT2D eigenvalue weighted by molar-refractivity contribution is 7.09. The number of piperidine rings is 1. The number of β-amino-alcohol motifs (C(OH)–C–C–N with tert-alkyl or cyclic N) is 1. The van der Waals surface area contributed by atoms with Crippen LogP contribution in [0.15, 0.2) is 29.6 Å². The first-order valence-electron chi connectivity index (χ1n) is 22.0. The lowest BCUT2D eigenvalue weighted by molar-refractivity contribution is -0.147. The number of aliphatic hydroxyl groups is 1. The summed E-state index contributed by atoms with van der Waals surface area (Å²) in [5, 5.41) is 28.2. The summed E-state index contributed by atoms with van der Waals surface area (Å²) in [7, 11) is 0. The Morgan fingerprint density at radius 1 is 1.05 bits per heavy atom. The molecule has 59 heavy (non-hydrogen) atoms. The van der Waals surface area contributed by atoms with E-state index in [4.69, 9.17) is 15.5 Å². The second kappa shape index (κ2) is 24.6. The highest BCUT2D eigenvalue weighted by Crippen LogP contribution is 2.32. The minimum atomic E-state index is -1.09. The molecule has 0 bridgehead atoms. The summed E-state index contributed by atoms with van der Waals surface area (Å²) in [4.78, 5) is 63.6. The van der Waals surface area contributed by atoms with E-state index in [-0.39, 0.29) is 54.5 Å². The van der Waals surface area contributed by atoms with Crippen LogP contribution in [-0.4, -0.2) is 106 Å². The van der Waals surface area contributed by atoms with Gasteiger partial charge in [0.25, 0.3) is 5.91 Å². The van der Waals surface area contributed by atoms with Gasteiger partial charge in [-0.1, -0.05) is 78.9 Å². The predicted molar refractivity (Wildman–Crippen MR) is 235 cm³/mol. The molecule has 3 amide bonds. The molecule has 0 spiro atoms. The molecular weight excluding hydrogens is 769 g/mol. The largest absolute Gasteiger partial charge is 0.481 e. The number of rotatable bonds is 26. The van der Waals surface area contributed by atoms with Gasteiger partial charge in [0.2, 0.25) is 11.8 Å². The van der Waals surface area contributed by atoms with E-state index in [0.717, 1.165) is 50.6 Å². The number of aliphatic hydroxyl groups excluding tert-OH is 1. The molecular formula is C45H74N6O7S. The fourth-order valence-electron chi connectivity index (χ4n) is 7.98. The number of ether oxygens (including phenoxy) is 1. The second-order valence-electron chi connectivity index (χ2n) is 17.3. The molecule has 332 valence electrons. The van der Waals surface area contributed by atoms with Crippen LogP contribution in [0.4, 0.5) is 5.69 Å². The molecule has 0 radical (unpaired) electrons. The molecule has 13 nitrogen and oxygen atoms in total. The number of nitrogens with zero attached hydrogens (tertiary/aromatic N) is 3. The molecule has 3 rings (SSSR count). The third kappa shape index (κ3) is 15.1. The number of unbranched alkanes of at least 4 members (excludes halogenated alkanes) is 3. The van der Waals surface area contributed by atoms with Crippen molar-refractivity contribution in [2.45, 2.75) is 156 Å². The van der Waals surface area contributed by atoms with Crippen LogP contribution in [0.1, 0.15) is 147 Å². The van der Waals surface area contributed by atoms with E-state index in [2.05, 4.69) is 31.4 Å². The zero-order chi connectivity index (χ0) is 43.7. The number of carboxylic acid groups (broad SMARTS) is 1. The third-order valence-electron chi connectivity index (χ3n) is 11.8. The second-order valence-corrected chi connectivity index (χ2v) is 18.2. The van der Waals surface area contributed by atoms with Gasteiger partial charge in [-0.2, -0.15) is 0 Å². The Balaban J connectivity index is 1.91. The lowest BCUT2D eigenvalue weighted by Gasteiger charge is -2.40. The summed E-state index contributed by atoms with van der Waals surface area (Å²) in [5.41, 5.74) is 6.56. The molecule has 1 fully saturated rings. The number of carbonyl (C=O) groups is 4. The maximum Gasteiger partial charge on any atom is 0.309 e. The van der Waals surface area contributed by atoms with Crippen molar-refractivity contribution < 1.29 is 34.1 Å². The van der Waals surface area contributed by atoms with Gasteiger partial charge >= 0.3 is 5.97 Å². The summed E-state index contributed by atoms with van der Waals surface area (Å²) >= 11 is 1.33. The van der Waals surface area contributed by atoms with E-state index in [1.165, 1.54) is 11.3 Å². The molecule has 0 saturated carbocycles. The Labute approximate surface area is 357 Å². The topological polar surface area (TPSA) is 187 Å². The van der Waals surface area contributed by atoms with Gasteiger partial charge in [-0.15, -0.1) is 11.3 Å². The van der Waals surface area contributed by atoms with Crippen LogP contribution < -0.4 is 16.4 Å². The van der Waals surface area contributed by atoms with Crippen molar-refractivity contribution in [3.63, 3.8) is 0 Å². The standard InChI is InChI=1S/C45H74N6O7S/c1-9-12-13-15-23-51(43(55)39(31(6)10-2)49-41(54)36-17-14-16-22-50(36)24-25-52)37(30(4)5)27-38(58-11-3)42-48-35(29-59-42)40(53)47-34(28-45(7,8)44(56)57)26-32-18-20-33(46)21-19-32/h18-21,29-31,34,36-39,52H,9-17,22-28,46H2,1-8H3,(H,47,53)(H,49,54)(H,56,57)/t31-,34-,36+,37+,38+,39-/m0/s1. The number of hydrogen-bond acceptors (Lipinski definition) is 10. The van der Waals surface area contributed by atoms with Crippen LogP contribution in [-0.2, 0) is 25.5 Å². The number of nitrogens with one attached hydrogen (secondary N) is 2. The van der Waals surface area contributed by atoms with E-state index in [1.54, 1.807) is 31.4 Å². The highest BCUT2D eigenvalue weighted by Gasteiger charge is 2.39. The molecule has 2 aromatic rings. The smallest absolute Gasteiger partial charge is 0.309 e. The SMILES string of the molecule is CCCCCCN(C(=O)[C@@H](NC(=O)[C@H]1CCCCN1CCO)[C@@H](C)CC)[C@H](C[C@@H](OCC)c1nc(C(=O)N[C@@H](Cc2ccc(N)cc2)CC(C)(C)C(=O)O)cs1)C(C)C. The first-order chi connectivity index (χ1) is 28.1. The van der Waals surface area contributed by atoms with Gasteiger partial charge in [0.15, 0.2) is 0 Å². The molecule has 1 aliphatic rings. The van der Waals surface area contributed by atoms with Gasteiger partial charge < -0.3 is 36.2 Å². The van der Waals surface area contributed by atoms with Crippen molar-refractivity contribution in [3.05, 3.63) is 45.9 Å². The minimum absolute atomic E-state index is 0.0262. The average molecular weight is 843 g/mol. The molecule has 2 heterocycles. The maximum atomic E-state index is 14.9. The third-order valence-corrected chi connectivity index (χ3v) is 12.7. The Bertz CT molecular complexity index is 1600. The summed E-state index contributed by atoms with van der Waals surface area (Å²) in [5.74, 6) is -1.69. The van der Waals surface area contributed by atoms with E-state index >= 15 is 0 Å². The van der Waals surface area contributed by atoms with Gasteiger partial charge in [-0.25, -0.2) is 4.98 Å². The Kier molecular flexibility index (Phi) is 20.8. The summed E-state index contributed by atoms with van der Waals surface area (Å²) < 4.78 is 6.35. The van der Waals surface area contributed by atoms with E-state index in [9.17, 15) is 29.4 Å². The summed E-state index contributed by atoms with van der Waals surface area (Å²) in [6, 6.07) is 5.48. The van der Waals surface area contributed by atoms with Gasteiger partial charge in [0.05, 0.1) is 18.1 Å². The summed E-state index contributed by atoms with van der Waals surface area (Å²) in [6.07, 6.45) is 7.77. The maximum absolute atomic E-state index is 14.9.